The number of aromatic nitrogens is 1. The molecule has 0 spiro atoms. The monoisotopic (exact) mass is 362 g/mol. The Morgan fingerprint density at radius 2 is 1.70 bits per heavy atom. The maximum atomic E-state index is 13.5. The summed E-state index contributed by atoms with van der Waals surface area (Å²) in [4.78, 5) is 27.9. The zero-order valence-electron chi connectivity index (χ0n) is 13.7. The first-order chi connectivity index (χ1) is 13.1. The molecule has 0 radical (unpaired) electrons. The van der Waals surface area contributed by atoms with E-state index < -0.39 is 17.6 Å². The van der Waals surface area contributed by atoms with Crippen molar-refractivity contribution < 1.29 is 23.5 Å². The van der Waals surface area contributed by atoms with Crippen molar-refractivity contribution in [3.05, 3.63) is 77.6 Å². The predicted octanol–water partition coefficient (Wildman–Crippen LogP) is 3.03. The number of fused-ring (bicyclic) bond motifs is 2. The number of para-hydroxylation sites is 2. The number of rotatable bonds is 2. The molecule has 132 valence electrons. The molecule has 1 aromatic heterocycles. The summed E-state index contributed by atoms with van der Waals surface area (Å²) in [6.07, 6.45) is 2.86. The van der Waals surface area contributed by atoms with Gasteiger partial charge in [-0.05, 0) is 30.3 Å². The third kappa shape index (κ3) is 2.32. The summed E-state index contributed by atoms with van der Waals surface area (Å²) in [5, 5.41) is 2.90. The average Bonchev–Trinajstić information content (AvgIpc) is 3.20. The van der Waals surface area contributed by atoms with Crippen molar-refractivity contribution in [3.63, 3.8) is 0 Å². The van der Waals surface area contributed by atoms with Crippen LogP contribution in [-0.4, -0.2) is 16.8 Å². The third-order valence-corrected chi connectivity index (χ3v) is 4.45. The van der Waals surface area contributed by atoms with Gasteiger partial charge in [-0.25, -0.2) is 4.39 Å². The Morgan fingerprint density at radius 1 is 0.926 bits per heavy atom. The smallest absolute Gasteiger partial charge is 0.262 e. The largest absolute Gasteiger partial charge is 0.457 e. The van der Waals surface area contributed by atoms with Gasteiger partial charge in [-0.15, -0.1) is 0 Å². The first-order valence-corrected chi connectivity index (χ1v) is 8.13. The molecule has 2 amide bonds. The Labute approximate surface area is 151 Å². The van der Waals surface area contributed by atoms with Crippen LogP contribution in [0.4, 0.5) is 4.39 Å². The van der Waals surface area contributed by atoms with Crippen LogP contribution in [0.3, 0.4) is 0 Å². The highest BCUT2D eigenvalue weighted by molar-refractivity contribution is 6.38. The topological polar surface area (TPSA) is 80.4 Å². The zero-order valence-corrected chi connectivity index (χ0v) is 13.7. The number of carbonyl (C=O) groups excluding carboxylic acids is 2. The van der Waals surface area contributed by atoms with Crippen LogP contribution in [0.25, 0.3) is 16.5 Å². The number of H-pyrrole nitrogens is 1. The second kappa shape index (κ2) is 5.57. The molecule has 0 aliphatic carbocycles. The summed E-state index contributed by atoms with van der Waals surface area (Å²) in [6, 6.07) is 11.2. The Bertz CT molecular complexity index is 1210. The molecule has 0 unspecified atom stereocenters. The standard InChI is InChI=1S/C20H11FN2O4/c21-10-5-6-11-12(8-22-13(11)7-10)17-18(20(25)23-19(17)24)16-9-26-14-3-1-2-4-15(14)27-16/h1-9,22H,(H,23,24,25). The van der Waals surface area contributed by atoms with E-state index in [1.54, 1.807) is 36.5 Å². The lowest BCUT2D eigenvalue weighted by Crippen LogP contribution is -2.24. The van der Waals surface area contributed by atoms with Gasteiger partial charge in [0.1, 0.15) is 12.1 Å². The van der Waals surface area contributed by atoms with Crippen molar-refractivity contribution in [1.29, 1.82) is 0 Å². The number of halogens is 1. The van der Waals surface area contributed by atoms with Gasteiger partial charge < -0.3 is 14.5 Å². The molecule has 2 aromatic carbocycles. The molecule has 2 aliphatic rings. The molecule has 0 atom stereocenters. The van der Waals surface area contributed by atoms with E-state index in [0.29, 0.717) is 28.0 Å². The van der Waals surface area contributed by atoms with Gasteiger partial charge in [0.25, 0.3) is 11.8 Å². The van der Waals surface area contributed by atoms with E-state index in [-0.39, 0.29) is 16.9 Å². The van der Waals surface area contributed by atoms with Crippen molar-refractivity contribution in [2.24, 2.45) is 0 Å². The van der Waals surface area contributed by atoms with Crippen LogP contribution in [0.15, 0.2) is 66.3 Å². The van der Waals surface area contributed by atoms with Crippen LogP contribution >= 0.6 is 0 Å². The van der Waals surface area contributed by atoms with Crippen LogP contribution in [-0.2, 0) is 9.59 Å². The molecule has 5 rings (SSSR count). The minimum Gasteiger partial charge on any atom is -0.457 e. The van der Waals surface area contributed by atoms with Gasteiger partial charge in [0, 0.05) is 22.7 Å². The van der Waals surface area contributed by atoms with Crippen LogP contribution in [0.1, 0.15) is 5.56 Å². The molecule has 27 heavy (non-hydrogen) atoms. The van der Waals surface area contributed by atoms with Crippen molar-refractivity contribution in [3.8, 4) is 11.5 Å². The van der Waals surface area contributed by atoms with Gasteiger partial charge in [0.2, 0.25) is 0 Å². The number of carbonyl (C=O) groups is 2. The zero-order chi connectivity index (χ0) is 18.5. The first kappa shape index (κ1) is 15.4. The molecule has 3 heterocycles. The predicted molar refractivity (Wildman–Crippen MR) is 94.1 cm³/mol. The highest BCUT2D eigenvalue weighted by Crippen LogP contribution is 2.38. The van der Waals surface area contributed by atoms with Gasteiger partial charge in [-0.1, -0.05) is 12.1 Å². The molecular formula is C20H11FN2O4. The summed E-state index contributed by atoms with van der Waals surface area (Å²) in [5.41, 5.74) is 1.21. The van der Waals surface area contributed by atoms with Crippen molar-refractivity contribution in [1.82, 2.24) is 10.3 Å². The SMILES string of the molecule is O=C1NC(=O)C(c2c[nH]c3cc(F)ccc23)=C1C1=COc2ccccc2O1. The van der Waals surface area contributed by atoms with Crippen LogP contribution in [0.5, 0.6) is 11.5 Å². The summed E-state index contributed by atoms with van der Waals surface area (Å²) in [7, 11) is 0. The van der Waals surface area contributed by atoms with E-state index in [1.165, 1.54) is 18.4 Å². The van der Waals surface area contributed by atoms with Gasteiger partial charge in [-0.2, -0.15) is 0 Å². The van der Waals surface area contributed by atoms with Gasteiger partial charge >= 0.3 is 0 Å². The Hall–Kier alpha value is -3.87. The summed E-state index contributed by atoms with van der Waals surface area (Å²) in [6.45, 7) is 0. The van der Waals surface area contributed by atoms with Crippen molar-refractivity contribution in [2.45, 2.75) is 0 Å². The van der Waals surface area contributed by atoms with Gasteiger partial charge in [-0.3, -0.25) is 14.9 Å². The fourth-order valence-electron chi connectivity index (χ4n) is 3.25. The van der Waals surface area contributed by atoms with E-state index in [0.717, 1.165) is 0 Å². The molecule has 0 bridgehead atoms. The summed E-state index contributed by atoms with van der Waals surface area (Å²) < 4.78 is 24.8. The van der Waals surface area contributed by atoms with Crippen molar-refractivity contribution in [2.75, 3.05) is 0 Å². The molecular weight excluding hydrogens is 351 g/mol. The molecule has 0 saturated heterocycles. The number of nitrogens with one attached hydrogen (secondary N) is 2. The van der Waals surface area contributed by atoms with E-state index in [9.17, 15) is 14.0 Å². The summed E-state index contributed by atoms with van der Waals surface area (Å²) >= 11 is 0. The van der Waals surface area contributed by atoms with E-state index >= 15 is 0 Å². The molecule has 2 N–H and O–H groups in total. The Kier molecular flexibility index (Phi) is 3.17. The molecule has 6 nitrogen and oxygen atoms in total. The van der Waals surface area contributed by atoms with Crippen LogP contribution < -0.4 is 14.8 Å². The van der Waals surface area contributed by atoms with Crippen LogP contribution in [0, 0.1) is 5.82 Å². The first-order valence-electron chi connectivity index (χ1n) is 8.13. The second-order valence-electron chi connectivity index (χ2n) is 6.07. The highest BCUT2D eigenvalue weighted by Gasteiger charge is 2.37. The lowest BCUT2D eigenvalue weighted by molar-refractivity contribution is -0.123. The number of imide groups is 1. The van der Waals surface area contributed by atoms with E-state index in [1.807, 2.05) is 0 Å². The molecule has 2 aliphatic heterocycles. The lowest BCUT2D eigenvalue weighted by atomic mass is 9.99. The number of benzene rings is 2. The molecule has 3 aromatic rings. The minimum absolute atomic E-state index is 0.0692. The Balaban J connectivity index is 1.68. The van der Waals surface area contributed by atoms with E-state index in [2.05, 4.69) is 10.3 Å². The van der Waals surface area contributed by atoms with Gasteiger partial charge in [0.15, 0.2) is 17.3 Å². The Morgan fingerprint density at radius 3 is 2.56 bits per heavy atom. The van der Waals surface area contributed by atoms with E-state index in [4.69, 9.17) is 9.47 Å². The molecule has 7 heteroatoms. The maximum absolute atomic E-state index is 13.5. The van der Waals surface area contributed by atoms with Crippen LogP contribution in [0.2, 0.25) is 0 Å². The van der Waals surface area contributed by atoms with Crippen molar-refractivity contribution >= 4 is 28.3 Å². The number of ether oxygens (including phenoxy) is 2. The average molecular weight is 362 g/mol. The number of aromatic amines is 1. The van der Waals surface area contributed by atoms with Gasteiger partial charge in [0.05, 0.1) is 11.1 Å². The fraction of sp³-hybridized carbons (Fsp3) is 0. The highest BCUT2D eigenvalue weighted by atomic mass is 19.1. The number of amides is 2. The maximum Gasteiger partial charge on any atom is 0.262 e. The molecule has 0 saturated carbocycles. The third-order valence-electron chi connectivity index (χ3n) is 4.45. The minimum atomic E-state index is -0.583. The summed E-state index contributed by atoms with van der Waals surface area (Å²) in [5.74, 6) is -0.459. The number of hydrogen-bond donors (Lipinski definition) is 2. The quantitative estimate of drug-likeness (QED) is 0.687. The molecule has 0 fully saturated rings. The normalized spacial score (nSPS) is 16.0. The lowest BCUT2D eigenvalue weighted by Gasteiger charge is -2.18. The second-order valence-corrected chi connectivity index (χ2v) is 6.07. The number of hydrogen-bond acceptors (Lipinski definition) is 4. The fourth-order valence-corrected chi connectivity index (χ4v) is 3.25.